The maximum atomic E-state index is 13.5. The molecule has 1 aliphatic heterocycles. The van der Waals surface area contributed by atoms with Crippen LogP contribution in [-0.4, -0.2) is 60.2 Å². The molecule has 7 nitrogen and oxygen atoms in total. The molecule has 0 unspecified atom stereocenters. The van der Waals surface area contributed by atoms with E-state index >= 15 is 0 Å². The van der Waals surface area contributed by atoms with Gasteiger partial charge in [-0.25, -0.2) is 18.6 Å². The van der Waals surface area contributed by atoms with Crippen molar-refractivity contribution in [1.29, 1.82) is 0 Å². The number of pyridine rings is 1. The summed E-state index contributed by atoms with van der Waals surface area (Å²) in [5, 5.41) is 3.65. The van der Waals surface area contributed by atoms with Crippen molar-refractivity contribution in [3.05, 3.63) is 22.6 Å². The molecule has 13 heteroatoms. The lowest BCUT2D eigenvalue weighted by Crippen LogP contribution is -2.59. The number of rotatable bonds is 4. The van der Waals surface area contributed by atoms with Gasteiger partial charge >= 0.3 is 12.3 Å². The van der Waals surface area contributed by atoms with Gasteiger partial charge in [-0.2, -0.15) is 13.2 Å². The molecule has 2 fully saturated rings. The van der Waals surface area contributed by atoms with E-state index in [1.807, 2.05) is 0 Å². The molecular weight excluding hydrogens is 449 g/mol. The van der Waals surface area contributed by atoms with Gasteiger partial charge < -0.3 is 14.8 Å². The van der Waals surface area contributed by atoms with E-state index in [0.29, 0.717) is 0 Å². The van der Waals surface area contributed by atoms with E-state index in [9.17, 15) is 31.5 Å². The first-order valence-electron chi connectivity index (χ1n) is 9.18. The highest BCUT2D eigenvalue weighted by Gasteiger charge is 2.48. The van der Waals surface area contributed by atoms with Gasteiger partial charge in [0.25, 0.3) is 11.8 Å². The quantitative estimate of drug-likeness (QED) is 0.697. The zero-order valence-corrected chi connectivity index (χ0v) is 16.8. The number of hydrogen-bond acceptors (Lipinski definition) is 6. The van der Waals surface area contributed by atoms with E-state index in [0.717, 1.165) is 22.3 Å². The van der Waals surface area contributed by atoms with Crippen LogP contribution < -0.4 is 10.1 Å². The predicted molar refractivity (Wildman–Crippen MR) is 98.5 cm³/mol. The SMILES string of the molecule is CNC(=O)c1csc2c(C(F)(F)F)cc(OC3CC(OC(=O)N4CC(F)(F)C4)C3)nc12. The lowest BCUT2D eigenvalue weighted by molar-refractivity contribution is -0.136. The monoisotopic (exact) mass is 465 g/mol. The molecule has 0 spiro atoms. The Kier molecular flexibility index (Phi) is 5.18. The molecule has 1 saturated heterocycles. The highest BCUT2D eigenvalue weighted by Crippen LogP contribution is 2.41. The Morgan fingerprint density at radius 2 is 1.94 bits per heavy atom. The van der Waals surface area contributed by atoms with Crippen LogP contribution in [0.15, 0.2) is 11.4 Å². The summed E-state index contributed by atoms with van der Waals surface area (Å²) in [7, 11) is 1.36. The third-order valence-corrected chi connectivity index (χ3v) is 5.99. The third-order valence-electron chi connectivity index (χ3n) is 4.99. The van der Waals surface area contributed by atoms with Crippen molar-refractivity contribution in [2.45, 2.75) is 37.1 Å². The van der Waals surface area contributed by atoms with Crippen LogP contribution in [0.5, 0.6) is 5.88 Å². The number of thiophene rings is 1. The van der Waals surface area contributed by atoms with Crippen LogP contribution in [0.2, 0.25) is 0 Å². The van der Waals surface area contributed by atoms with Crippen LogP contribution in [0.1, 0.15) is 28.8 Å². The van der Waals surface area contributed by atoms with E-state index in [2.05, 4.69) is 10.3 Å². The van der Waals surface area contributed by atoms with Crippen LogP contribution in [0.4, 0.5) is 26.7 Å². The number of amides is 2. The Balaban J connectivity index is 1.44. The molecule has 2 aliphatic rings. The van der Waals surface area contributed by atoms with Gasteiger partial charge in [0, 0.05) is 31.3 Å². The van der Waals surface area contributed by atoms with Crippen molar-refractivity contribution >= 4 is 33.6 Å². The molecule has 0 atom stereocenters. The number of halogens is 5. The van der Waals surface area contributed by atoms with E-state index in [1.165, 1.54) is 12.4 Å². The average molecular weight is 465 g/mol. The van der Waals surface area contributed by atoms with Crippen LogP contribution in [0.3, 0.4) is 0 Å². The predicted octanol–water partition coefficient (Wildman–Crippen LogP) is 3.67. The fourth-order valence-corrected chi connectivity index (χ4v) is 4.31. The molecule has 2 amide bonds. The molecule has 31 heavy (non-hydrogen) atoms. The molecule has 4 rings (SSSR count). The summed E-state index contributed by atoms with van der Waals surface area (Å²) in [6.07, 6.45) is -6.32. The average Bonchev–Trinajstić information content (AvgIpc) is 3.05. The second-order valence-electron chi connectivity index (χ2n) is 7.34. The molecule has 1 N–H and O–H groups in total. The van der Waals surface area contributed by atoms with Crippen molar-refractivity contribution in [3.63, 3.8) is 0 Å². The number of hydrogen-bond donors (Lipinski definition) is 1. The van der Waals surface area contributed by atoms with Crippen molar-refractivity contribution in [2.75, 3.05) is 20.1 Å². The van der Waals surface area contributed by atoms with Gasteiger partial charge in [-0.15, -0.1) is 11.3 Å². The summed E-state index contributed by atoms with van der Waals surface area (Å²) < 4.78 is 76.6. The van der Waals surface area contributed by atoms with Crippen molar-refractivity contribution in [3.8, 4) is 5.88 Å². The standard InChI is InChI=1S/C18H16F5N3O4S/c1-24-15(27)10-5-31-14-11(18(21,22)23)4-12(25-13(10)14)29-8-2-9(3-8)30-16(28)26-6-17(19,20)7-26/h4-5,8-9H,2-3,6-7H2,1H3,(H,24,27). The lowest BCUT2D eigenvalue weighted by Gasteiger charge is -2.40. The second kappa shape index (κ2) is 7.46. The summed E-state index contributed by atoms with van der Waals surface area (Å²) in [5.41, 5.74) is -1.07. The maximum absolute atomic E-state index is 13.5. The zero-order valence-electron chi connectivity index (χ0n) is 16.0. The minimum atomic E-state index is -4.68. The summed E-state index contributed by atoms with van der Waals surface area (Å²) in [6, 6.07) is 0.772. The van der Waals surface area contributed by atoms with Crippen LogP contribution in [0, 0.1) is 0 Å². The van der Waals surface area contributed by atoms with Gasteiger partial charge in [0.1, 0.15) is 12.2 Å². The largest absolute Gasteiger partial charge is 0.474 e. The minimum absolute atomic E-state index is 0.00483. The molecule has 1 saturated carbocycles. The maximum Gasteiger partial charge on any atom is 0.418 e. The van der Waals surface area contributed by atoms with Crippen LogP contribution in [0.25, 0.3) is 10.2 Å². The molecule has 2 aromatic heterocycles. The summed E-state index contributed by atoms with van der Waals surface area (Å²) in [6.45, 7) is -1.39. The Morgan fingerprint density at radius 1 is 1.26 bits per heavy atom. The molecule has 2 aromatic rings. The molecule has 0 bridgehead atoms. The summed E-state index contributed by atoms with van der Waals surface area (Å²) in [5.74, 6) is -3.78. The molecule has 0 radical (unpaired) electrons. The van der Waals surface area contributed by atoms with Crippen LogP contribution >= 0.6 is 11.3 Å². The Labute approximate surface area is 176 Å². The zero-order chi connectivity index (χ0) is 22.6. The van der Waals surface area contributed by atoms with E-state index in [4.69, 9.17) is 9.47 Å². The van der Waals surface area contributed by atoms with E-state index in [-0.39, 0.29) is 34.5 Å². The number of nitrogens with one attached hydrogen (secondary N) is 1. The molecule has 1 aliphatic carbocycles. The first-order valence-corrected chi connectivity index (χ1v) is 10.1. The number of likely N-dealkylation sites (tertiary alicyclic amines) is 1. The molecular formula is C18H16F5N3O4S. The van der Waals surface area contributed by atoms with Gasteiger partial charge in [0.2, 0.25) is 5.88 Å². The highest BCUT2D eigenvalue weighted by atomic mass is 32.1. The number of carbonyl (C=O) groups excluding carboxylic acids is 2. The van der Waals surface area contributed by atoms with Gasteiger partial charge in [-0.05, 0) is 0 Å². The smallest absolute Gasteiger partial charge is 0.418 e. The molecule has 3 heterocycles. The number of nitrogens with zero attached hydrogens (tertiary/aromatic N) is 2. The number of aromatic nitrogens is 1. The van der Waals surface area contributed by atoms with E-state index < -0.39 is 55.0 Å². The first kappa shape index (κ1) is 21.5. The first-order chi connectivity index (χ1) is 14.5. The van der Waals surface area contributed by atoms with Crippen molar-refractivity contribution in [1.82, 2.24) is 15.2 Å². The second-order valence-corrected chi connectivity index (χ2v) is 8.22. The van der Waals surface area contributed by atoms with Gasteiger partial charge in [0.05, 0.1) is 34.4 Å². The Morgan fingerprint density at radius 3 is 2.52 bits per heavy atom. The number of fused-ring (bicyclic) bond motifs is 1. The van der Waals surface area contributed by atoms with Gasteiger partial charge in [-0.3, -0.25) is 9.69 Å². The van der Waals surface area contributed by atoms with Crippen molar-refractivity contribution in [2.24, 2.45) is 0 Å². The summed E-state index contributed by atoms with van der Waals surface area (Å²) >= 11 is 0.761. The summed E-state index contributed by atoms with van der Waals surface area (Å²) in [4.78, 5) is 28.6. The fourth-order valence-electron chi connectivity index (χ4n) is 3.29. The highest BCUT2D eigenvalue weighted by molar-refractivity contribution is 7.17. The normalized spacial score (nSPS) is 22.5. The lowest BCUT2D eigenvalue weighted by atomic mass is 9.92. The Hall–Kier alpha value is -2.70. The number of carbonyl (C=O) groups is 2. The van der Waals surface area contributed by atoms with E-state index in [1.54, 1.807) is 0 Å². The van der Waals surface area contributed by atoms with Crippen molar-refractivity contribution < 1.29 is 41.0 Å². The topological polar surface area (TPSA) is 80.8 Å². The Bertz CT molecular complexity index is 1030. The molecule has 168 valence electrons. The van der Waals surface area contributed by atoms with Gasteiger partial charge in [0.15, 0.2) is 0 Å². The third kappa shape index (κ3) is 4.23. The number of ether oxygens (including phenoxy) is 2. The fraction of sp³-hybridized carbons (Fsp3) is 0.500. The molecule has 0 aromatic carbocycles. The minimum Gasteiger partial charge on any atom is -0.474 e. The van der Waals surface area contributed by atoms with Crippen LogP contribution in [-0.2, 0) is 10.9 Å². The number of alkyl halides is 5. The van der Waals surface area contributed by atoms with Gasteiger partial charge in [-0.1, -0.05) is 0 Å².